The summed E-state index contributed by atoms with van der Waals surface area (Å²) in [5, 5.41) is 0. The fraction of sp³-hybridized carbons (Fsp3) is 0.222. The van der Waals surface area contributed by atoms with Crippen molar-refractivity contribution in [1.82, 2.24) is 4.98 Å². The Morgan fingerprint density at radius 1 is 0.943 bits per heavy atom. The van der Waals surface area contributed by atoms with Crippen LogP contribution in [0.3, 0.4) is 0 Å². The average Bonchev–Trinajstić information content (AvgIpc) is 3.23. The second-order valence-electron chi connectivity index (χ2n) is 8.01. The first-order valence-electron chi connectivity index (χ1n) is 11.2. The number of hydrogen-bond donors (Lipinski definition) is 0. The van der Waals surface area contributed by atoms with Crippen molar-refractivity contribution in [3.8, 4) is 23.0 Å². The number of aryl methyl sites for hydroxylation is 2. The molecule has 0 unspecified atom stereocenters. The minimum atomic E-state index is -3.90. The lowest BCUT2D eigenvalue weighted by Gasteiger charge is -2.24. The Bertz CT molecular complexity index is 1390. The number of methoxy groups -OCH3 is 1. The molecule has 35 heavy (non-hydrogen) atoms. The minimum Gasteiger partial charge on any atom is -0.497 e. The zero-order valence-electron chi connectivity index (χ0n) is 20.2. The first-order valence-corrected chi connectivity index (χ1v) is 12.7. The van der Waals surface area contributed by atoms with Crippen LogP contribution in [0, 0.1) is 13.8 Å². The summed E-state index contributed by atoms with van der Waals surface area (Å²) in [6, 6.07) is 21.2. The largest absolute Gasteiger partial charge is 0.497 e. The summed E-state index contributed by atoms with van der Waals surface area (Å²) in [6.45, 7) is 6.20. The van der Waals surface area contributed by atoms with Crippen LogP contribution in [0.1, 0.15) is 23.9 Å². The van der Waals surface area contributed by atoms with Crippen LogP contribution in [0.4, 0.5) is 5.69 Å². The van der Waals surface area contributed by atoms with E-state index >= 15 is 0 Å². The van der Waals surface area contributed by atoms with Gasteiger partial charge < -0.3 is 13.9 Å². The highest BCUT2D eigenvalue weighted by molar-refractivity contribution is 7.92. The van der Waals surface area contributed by atoms with Crippen LogP contribution in [0.25, 0.3) is 11.5 Å². The van der Waals surface area contributed by atoms with Gasteiger partial charge in [-0.05, 0) is 69.3 Å². The van der Waals surface area contributed by atoms with Crippen molar-refractivity contribution < 1.29 is 22.3 Å². The van der Waals surface area contributed by atoms with Gasteiger partial charge in [0.05, 0.1) is 30.8 Å². The lowest BCUT2D eigenvalue weighted by atomic mass is 10.2. The highest BCUT2D eigenvalue weighted by atomic mass is 32.2. The molecule has 0 aliphatic rings. The van der Waals surface area contributed by atoms with Crippen LogP contribution < -0.4 is 13.8 Å². The van der Waals surface area contributed by atoms with E-state index in [1.54, 1.807) is 62.6 Å². The van der Waals surface area contributed by atoms with Gasteiger partial charge in [-0.25, -0.2) is 13.4 Å². The average molecular weight is 493 g/mol. The molecule has 1 aromatic heterocycles. The van der Waals surface area contributed by atoms with Crippen LogP contribution in [0.15, 0.2) is 82.1 Å². The van der Waals surface area contributed by atoms with Gasteiger partial charge in [0.2, 0.25) is 5.89 Å². The van der Waals surface area contributed by atoms with E-state index in [1.807, 2.05) is 38.1 Å². The molecule has 8 heteroatoms. The van der Waals surface area contributed by atoms with Gasteiger partial charge >= 0.3 is 0 Å². The Morgan fingerprint density at radius 3 is 2.31 bits per heavy atom. The number of sulfonamides is 1. The molecule has 0 saturated carbocycles. The van der Waals surface area contributed by atoms with Crippen LogP contribution in [-0.4, -0.2) is 27.1 Å². The van der Waals surface area contributed by atoms with Crippen molar-refractivity contribution in [1.29, 1.82) is 0 Å². The highest BCUT2D eigenvalue weighted by Crippen LogP contribution is 2.31. The van der Waals surface area contributed by atoms with Crippen molar-refractivity contribution in [2.24, 2.45) is 0 Å². The summed E-state index contributed by atoms with van der Waals surface area (Å²) in [5.74, 6) is 2.27. The van der Waals surface area contributed by atoms with Gasteiger partial charge in [-0.1, -0.05) is 23.8 Å². The second kappa shape index (κ2) is 10.2. The van der Waals surface area contributed by atoms with Crippen LogP contribution in [0.2, 0.25) is 0 Å². The monoisotopic (exact) mass is 492 g/mol. The van der Waals surface area contributed by atoms with E-state index < -0.39 is 10.0 Å². The normalized spacial score (nSPS) is 11.3. The Labute approximate surface area is 206 Å². The summed E-state index contributed by atoms with van der Waals surface area (Å²) >= 11 is 0. The van der Waals surface area contributed by atoms with Crippen LogP contribution in [-0.2, 0) is 16.6 Å². The third kappa shape index (κ3) is 5.33. The van der Waals surface area contributed by atoms with E-state index in [0.717, 1.165) is 16.9 Å². The summed E-state index contributed by atoms with van der Waals surface area (Å²) < 4.78 is 45.6. The zero-order chi connectivity index (χ0) is 25.0. The fourth-order valence-corrected chi connectivity index (χ4v) is 5.03. The molecular formula is C27H28N2O5S. The first kappa shape index (κ1) is 24.3. The highest BCUT2D eigenvalue weighted by Gasteiger charge is 2.28. The summed E-state index contributed by atoms with van der Waals surface area (Å²) in [6.07, 6.45) is 0. The maximum Gasteiger partial charge on any atom is 0.264 e. The number of nitrogens with zero attached hydrogens (tertiary/aromatic N) is 2. The molecule has 0 spiro atoms. The van der Waals surface area contributed by atoms with E-state index in [0.29, 0.717) is 35.4 Å². The predicted octanol–water partition coefficient (Wildman–Crippen LogP) is 5.76. The molecule has 4 aromatic rings. The topological polar surface area (TPSA) is 81.9 Å². The van der Waals surface area contributed by atoms with E-state index in [2.05, 4.69) is 4.98 Å². The molecule has 0 saturated heterocycles. The minimum absolute atomic E-state index is 0.00423. The summed E-state index contributed by atoms with van der Waals surface area (Å²) in [7, 11) is -2.35. The van der Waals surface area contributed by atoms with Crippen molar-refractivity contribution in [2.45, 2.75) is 32.2 Å². The predicted molar refractivity (Wildman–Crippen MR) is 135 cm³/mol. The van der Waals surface area contributed by atoms with E-state index in [1.165, 1.54) is 4.31 Å². The number of oxazole rings is 1. The molecule has 3 aromatic carbocycles. The van der Waals surface area contributed by atoms with E-state index in [-0.39, 0.29) is 11.4 Å². The van der Waals surface area contributed by atoms with Crippen molar-refractivity contribution >= 4 is 15.7 Å². The van der Waals surface area contributed by atoms with Gasteiger partial charge in [0, 0.05) is 11.6 Å². The van der Waals surface area contributed by atoms with E-state index in [4.69, 9.17) is 13.9 Å². The van der Waals surface area contributed by atoms with Gasteiger partial charge in [-0.3, -0.25) is 4.31 Å². The van der Waals surface area contributed by atoms with Crippen LogP contribution >= 0.6 is 0 Å². The number of ether oxygens (including phenoxy) is 2. The standard InChI is InChI=1S/C27H28N2O5S/c1-5-33-23-13-11-21(12-14-23)27-28-26(20(3)34-27)18-29(22-7-6-8-24(17-22)32-4)35(30,31)25-15-9-19(2)10-16-25/h6-17H,5,18H2,1-4H3. The van der Waals surface area contributed by atoms with Gasteiger partial charge in [0.15, 0.2) is 0 Å². The molecule has 7 nitrogen and oxygen atoms in total. The number of hydrogen-bond acceptors (Lipinski definition) is 6. The lowest BCUT2D eigenvalue weighted by molar-refractivity contribution is 0.340. The molecule has 0 bridgehead atoms. The molecule has 0 atom stereocenters. The maximum atomic E-state index is 13.7. The van der Waals surface area contributed by atoms with Gasteiger partial charge in [-0.15, -0.1) is 0 Å². The third-order valence-electron chi connectivity index (χ3n) is 5.55. The maximum absolute atomic E-state index is 13.7. The molecular weight excluding hydrogens is 464 g/mol. The quantitative estimate of drug-likeness (QED) is 0.295. The molecule has 0 aliphatic heterocycles. The van der Waals surface area contributed by atoms with Crippen LogP contribution in [0.5, 0.6) is 11.5 Å². The molecule has 1 heterocycles. The summed E-state index contributed by atoms with van der Waals surface area (Å²) in [4.78, 5) is 4.83. The molecule has 4 rings (SSSR count). The van der Waals surface area contributed by atoms with E-state index in [9.17, 15) is 8.42 Å². The molecule has 182 valence electrons. The SMILES string of the molecule is CCOc1ccc(-c2nc(CN(c3cccc(OC)c3)S(=O)(=O)c3ccc(C)cc3)c(C)o2)cc1. The van der Waals surface area contributed by atoms with Gasteiger partial charge in [0.25, 0.3) is 10.0 Å². The smallest absolute Gasteiger partial charge is 0.264 e. The number of aromatic nitrogens is 1. The third-order valence-corrected chi connectivity index (χ3v) is 7.34. The second-order valence-corrected chi connectivity index (χ2v) is 9.87. The number of benzene rings is 3. The molecule has 0 aliphatic carbocycles. The fourth-order valence-electron chi connectivity index (χ4n) is 3.61. The van der Waals surface area contributed by atoms with Crippen molar-refractivity contribution in [2.75, 3.05) is 18.0 Å². The Balaban J connectivity index is 1.73. The first-order chi connectivity index (χ1) is 16.8. The van der Waals surface area contributed by atoms with Gasteiger partial charge in [-0.2, -0.15) is 0 Å². The van der Waals surface area contributed by atoms with Crippen molar-refractivity contribution in [3.63, 3.8) is 0 Å². The van der Waals surface area contributed by atoms with Gasteiger partial charge in [0.1, 0.15) is 23.0 Å². The molecule has 0 N–H and O–H groups in total. The number of anilines is 1. The lowest BCUT2D eigenvalue weighted by Crippen LogP contribution is -2.31. The van der Waals surface area contributed by atoms with Crippen molar-refractivity contribution in [3.05, 3.63) is 89.8 Å². The Kier molecular flexibility index (Phi) is 7.12. The summed E-state index contributed by atoms with van der Waals surface area (Å²) in [5.41, 5.74) is 2.74. The molecule has 0 amide bonds. The Morgan fingerprint density at radius 2 is 1.66 bits per heavy atom. The molecule has 0 fully saturated rings. The number of rotatable bonds is 9. The zero-order valence-corrected chi connectivity index (χ0v) is 21.0. The Hall–Kier alpha value is -3.78. The molecule has 0 radical (unpaired) electrons.